The molecule has 3 atom stereocenters. The van der Waals surface area contributed by atoms with Gasteiger partial charge in [-0.05, 0) is 35.2 Å². The van der Waals surface area contributed by atoms with E-state index in [4.69, 9.17) is 11.6 Å². The van der Waals surface area contributed by atoms with Crippen molar-refractivity contribution in [3.05, 3.63) is 22.4 Å². The van der Waals surface area contributed by atoms with Gasteiger partial charge in [0.05, 0.1) is 0 Å². The van der Waals surface area contributed by atoms with Gasteiger partial charge in [0.1, 0.15) is 6.17 Å². The monoisotopic (exact) mass is 218 g/mol. The molecule has 0 bridgehead atoms. The average Bonchev–Trinajstić information content (AvgIpc) is 2.53. The molecular weight excluding hydrogens is 207 g/mol. The van der Waals surface area contributed by atoms with Crippen molar-refractivity contribution in [1.29, 1.82) is 0 Å². The van der Waals surface area contributed by atoms with Gasteiger partial charge >= 0.3 is 0 Å². The maximum absolute atomic E-state index is 13.0. The van der Waals surface area contributed by atoms with Crippen molar-refractivity contribution in [1.82, 2.24) is 0 Å². The van der Waals surface area contributed by atoms with Crippen molar-refractivity contribution in [2.24, 2.45) is 5.41 Å². The van der Waals surface area contributed by atoms with Crippen LogP contribution in [0.3, 0.4) is 0 Å². The van der Waals surface area contributed by atoms with Gasteiger partial charge in [0.15, 0.2) is 0 Å². The van der Waals surface area contributed by atoms with Crippen LogP contribution in [-0.2, 0) is 6.42 Å². The molecule has 0 radical (unpaired) electrons. The highest BCUT2D eigenvalue weighted by molar-refractivity contribution is 7.07. The minimum absolute atomic E-state index is 0.0582. The van der Waals surface area contributed by atoms with Gasteiger partial charge in [-0.15, -0.1) is 11.6 Å². The van der Waals surface area contributed by atoms with Gasteiger partial charge in [0.25, 0.3) is 0 Å². The first kappa shape index (κ1) is 9.47. The summed E-state index contributed by atoms with van der Waals surface area (Å²) in [6.07, 6.45) is 0.737. The van der Waals surface area contributed by atoms with Gasteiger partial charge in [-0.2, -0.15) is 11.3 Å². The van der Waals surface area contributed by atoms with Crippen LogP contribution >= 0.6 is 22.9 Å². The molecule has 2 rings (SSSR count). The molecular formula is C10H12ClFS. The zero-order valence-corrected chi connectivity index (χ0v) is 9.04. The molecule has 0 saturated heterocycles. The smallest absolute Gasteiger partial charge is 0.108 e. The summed E-state index contributed by atoms with van der Waals surface area (Å²) in [6, 6.07) is 2.05. The third kappa shape index (κ3) is 1.75. The number of rotatable bonds is 3. The van der Waals surface area contributed by atoms with E-state index in [1.807, 2.05) is 12.3 Å². The van der Waals surface area contributed by atoms with E-state index in [2.05, 4.69) is 11.4 Å². The number of hydrogen-bond donors (Lipinski definition) is 0. The van der Waals surface area contributed by atoms with Crippen molar-refractivity contribution in [2.45, 2.75) is 31.3 Å². The molecule has 1 aliphatic carbocycles. The Balaban J connectivity index is 1.96. The molecule has 0 nitrogen and oxygen atoms in total. The van der Waals surface area contributed by atoms with Crippen molar-refractivity contribution in [3.63, 3.8) is 0 Å². The standard InChI is InChI=1S/C10H12ClFS/c1-10(5-9(10)12)8(11)4-7-2-3-13-6-7/h2-3,6,8-9H,4-5H2,1H3. The quantitative estimate of drug-likeness (QED) is 0.680. The molecule has 0 N–H and O–H groups in total. The topological polar surface area (TPSA) is 0 Å². The first-order valence-corrected chi connectivity index (χ1v) is 5.80. The lowest BCUT2D eigenvalue weighted by atomic mass is 9.99. The van der Waals surface area contributed by atoms with E-state index >= 15 is 0 Å². The minimum atomic E-state index is -0.686. The first-order chi connectivity index (χ1) is 6.13. The van der Waals surface area contributed by atoms with E-state index in [0.29, 0.717) is 6.42 Å². The number of hydrogen-bond acceptors (Lipinski definition) is 1. The Morgan fingerprint density at radius 2 is 2.54 bits per heavy atom. The fourth-order valence-electron chi connectivity index (χ4n) is 1.50. The zero-order valence-electron chi connectivity index (χ0n) is 7.47. The maximum Gasteiger partial charge on any atom is 0.108 e. The Labute approximate surface area is 86.7 Å². The van der Waals surface area contributed by atoms with Crippen LogP contribution in [0.25, 0.3) is 0 Å². The highest BCUT2D eigenvalue weighted by Crippen LogP contribution is 2.53. The first-order valence-electron chi connectivity index (χ1n) is 4.42. The molecule has 0 aliphatic heterocycles. The number of thiophene rings is 1. The predicted molar refractivity (Wildman–Crippen MR) is 55.3 cm³/mol. The lowest BCUT2D eigenvalue weighted by Crippen LogP contribution is -2.17. The molecule has 13 heavy (non-hydrogen) atoms. The van der Waals surface area contributed by atoms with Crippen LogP contribution in [0, 0.1) is 5.41 Å². The molecule has 3 heteroatoms. The zero-order chi connectivity index (χ0) is 9.47. The molecule has 1 heterocycles. The Kier molecular flexibility index (Phi) is 2.37. The molecule has 1 aliphatic rings. The van der Waals surface area contributed by atoms with Crippen LogP contribution in [0.15, 0.2) is 16.8 Å². The second-order valence-electron chi connectivity index (χ2n) is 3.98. The summed E-state index contributed by atoms with van der Waals surface area (Å²) in [5.74, 6) is 0. The number of halogens is 2. The van der Waals surface area contributed by atoms with E-state index in [9.17, 15) is 4.39 Å². The summed E-state index contributed by atoms with van der Waals surface area (Å²) >= 11 is 7.83. The molecule has 3 unspecified atom stereocenters. The lowest BCUT2D eigenvalue weighted by molar-refractivity contribution is 0.366. The molecule has 1 saturated carbocycles. The van der Waals surface area contributed by atoms with Gasteiger partial charge in [-0.3, -0.25) is 0 Å². The SMILES string of the molecule is CC1(C(Cl)Cc2ccsc2)CC1F. The van der Waals surface area contributed by atoms with Gasteiger partial charge in [-0.1, -0.05) is 6.92 Å². The van der Waals surface area contributed by atoms with Crippen molar-refractivity contribution < 1.29 is 4.39 Å². The molecule has 0 spiro atoms. The van der Waals surface area contributed by atoms with Gasteiger partial charge in [0.2, 0.25) is 0 Å². The van der Waals surface area contributed by atoms with Crippen molar-refractivity contribution in [2.75, 3.05) is 0 Å². The highest BCUT2D eigenvalue weighted by atomic mass is 35.5. The summed E-state index contributed by atoms with van der Waals surface area (Å²) < 4.78 is 13.0. The Morgan fingerprint density at radius 3 is 3.00 bits per heavy atom. The van der Waals surface area contributed by atoms with Crippen LogP contribution in [-0.4, -0.2) is 11.5 Å². The summed E-state index contributed by atoms with van der Waals surface area (Å²) in [6.45, 7) is 1.93. The van der Waals surface area contributed by atoms with Crippen LogP contribution in [0.5, 0.6) is 0 Å². The molecule has 1 aromatic heterocycles. The second-order valence-corrected chi connectivity index (χ2v) is 5.29. The summed E-state index contributed by atoms with van der Waals surface area (Å²) in [7, 11) is 0. The highest BCUT2D eigenvalue weighted by Gasteiger charge is 2.55. The summed E-state index contributed by atoms with van der Waals surface area (Å²) in [5, 5.41) is 4.05. The third-order valence-electron chi connectivity index (χ3n) is 2.89. The Bertz CT molecular complexity index is 285. The van der Waals surface area contributed by atoms with E-state index < -0.39 is 6.17 Å². The third-order valence-corrected chi connectivity index (χ3v) is 4.27. The van der Waals surface area contributed by atoms with Gasteiger partial charge in [0, 0.05) is 10.8 Å². The summed E-state index contributed by atoms with van der Waals surface area (Å²) in [5.41, 5.74) is 0.967. The number of alkyl halides is 2. The van der Waals surface area contributed by atoms with Crippen LogP contribution in [0.2, 0.25) is 0 Å². The average molecular weight is 219 g/mol. The largest absolute Gasteiger partial charge is 0.247 e. The predicted octanol–water partition coefficient (Wildman–Crippen LogP) is 3.65. The maximum atomic E-state index is 13.0. The molecule has 0 amide bonds. The summed E-state index contributed by atoms with van der Waals surface area (Å²) in [4.78, 5) is 0. The second kappa shape index (κ2) is 3.25. The van der Waals surface area contributed by atoms with Gasteiger partial charge in [-0.25, -0.2) is 4.39 Å². The Morgan fingerprint density at radius 1 is 1.85 bits per heavy atom. The van der Waals surface area contributed by atoms with E-state index in [1.54, 1.807) is 11.3 Å². The van der Waals surface area contributed by atoms with Crippen LogP contribution < -0.4 is 0 Å². The van der Waals surface area contributed by atoms with E-state index in [0.717, 1.165) is 6.42 Å². The normalized spacial score (nSPS) is 34.5. The van der Waals surface area contributed by atoms with E-state index in [1.165, 1.54) is 5.56 Å². The molecule has 0 aromatic carbocycles. The van der Waals surface area contributed by atoms with Crippen molar-refractivity contribution >= 4 is 22.9 Å². The Hall–Kier alpha value is -0.0800. The van der Waals surface area contributed by atoms with Crippen LogP contribution in [0.4, 0.5) is 4.39 Å². The lowest BCUT2D eigenvalue weighted by Gasteiger charge is -2.15. The van der Waals surface area contributed by atoms with E-state index in [-0.39, 0.29) is 10.8 Å². The fourth-order valence-corrected chi connectivity index (χ4v) is 2.59. The van der Waals surface area contributed by atoms with Crippen LogP contribution in [0.1, 0.15) is 18.9 Å². The molecule has 72 valence electrons. The fraction of sp³-hybridized carbons (Fsp3) is 0.600. The van der Waals surface area contributed by atoms with Crippen molar-refractivity contribution in [3.8, 4) is 0 Å². The minimum Gasteiger partial charge on any atom is -0.247 e. The molecule has 1 aromatic rings. The molecule has 1 fully saturated rings. The van der Waals surface area contributed by atoms with Gasteiger partial charge < -0.3 is 0 Å².